The van der Waals surface area contributed by atoms with Gasteiger partial charge < -0.3 is 29.7 Å². The zero-order valence-electron chi connectivity index (χ0n) is 23.0. The standard InChI is InChI=1S/C25H35N11O5/c1-34-32-22(31-33-34)19-18(39-14-37)20(40-15-38)24(41-19)36-13-27-17-21(28-16-7-3-4-8-16)29-25(30-23(17)36)26-9-12-35-10-5-2-6-11-35/h13-16,18-20,24H,2-12H2,1H3,(H2,26,28,29,30)/t18-,19+,20-,24-/m1/s1. The molecule has 2 N–H and O–H groups in total. The van der Waals surface area contributed by atoms with Gasteiger partial charge in [0.2, 0.25) is 11.8 Å². The van der Waals surface area contributed by atoms with Crippen molar-refractivity contribution in [3.63, 3.8) is 0 Å². The van der Waals surface area contributed by atoms with Gasteiger partial charge >= 0.3 is 0 Å². The Morgan fingerprint density at radius 1 is 1.05 bits per heavy atom. The van der Waals surface area contributed by atoms with Crippen LogP contribution in [0.1, 0.15) is 63.1 Å². The molecule has 1 aliphatic carbocycles. The van der Waals surface area contributed by atoms with E-state index in [0.29, 0.717) is 42.0 Å². The molecule has 3 aromatic rings. The Morgan fingerprint density at radius 3 is 2.56 bits per heavy atom. The minimum absolute atomic E-state index is 0.184. The van der Waals surface area contributed by atoms with E-state index in [9.17, 15) is 9.59 Å². The van der Waals surface area contributed by atoms with Crippen LogP contribution in [-0.2, 0) is 30.8 Å². The smallest absolute Gasteiger partial charge is 0.293 e. The van der Waals surface area contributed by atoms with E-state index in [1.165, 1.54) is 24.1 Å². The van der Waals surface area contributed by atoms with Crippen LogP contribution < -0.4 is 10.6 Å². The maximum atomic E-state index is 11.5. The number of aryl methyl sites for hydroxylation is 1. The molecule has 0 bridgehead atoms. The van der Waals surface area contributed by atoms with Crippen LogP contribution in [0, 0.1) is 0 Å². The van der Waals surface area contributed by atoms with Gasteiger partial charge in [0.1, 0.15) is 0 Å². The first kappa shape index (κ1) is 27.3. The van der Waals surface area contributed by atoms with Gasteiger partial charge in [0.05, 0.1) is 13.4 Å². The van der Waals surface area contributed by atoms with Crippen molar-refractivity contribution >= 4 is 35.9 Å². The summed E-state index contributed by atoms with van der Waals surface area (Å²) in [5.41, 5.74) is 1.03. The highest BCUT2D eigenvalue weighted by Crippen LogP contribution is 2.42. The number of rotatable bonds is 12. The van der Waals surface area contributed by atoms with Crippen molar-refractivity contribution in [2.45, 2.75) is 75.5 Å². The fraction of sp³-hybridized carbons (Fsp3) is 0.680. The first-order valence-corrected chi connectivity index (χ1v) is 14.2. The van der Waals surface area contributed by atoms with Crippen LogP contribution in [-0.4, -0.2) is 102 Å². The van der Waals surface area contributed by atoms with Crippen LogP contribution >= 0.6 is 0 Å². The van der Waals surface area contributed by atoms with Gasteiger partial charge in [0, 0.05) is 19.1 Å². The molecule has 2 saturated heterocycles. The SMILES string of the molecule is Cn1nnc([C@H]2O[C@@H](n3cnc4c(NC5CCCC5)nc(NCCN5CCCCC5)nc43)[C@H](OC=O)[C@@H]2OC=O)n1. The molecule has 0 amide bonds. The van der Waals surface area contributed by atoms with Crippen molar-refractivity contribution in [3.8, 4) is 0 Å². The van der Waals surface area contributed by atoms with Crippen LogP contribution in [0.5, 0.6) is 0 Å². The summed E-state index contributed by atoms with van der Waals surface area (Å²) in [6.07, 6.45) is 5.80. The van der Waals surface area contributed by atoms with E-state index in [4.69, 9.17) is 24.2 Å². The molecule has 3 aliphatic rings. The van der Waals surface area contributed by atoms with E-state index >= 15 is 0 Å². The maximum absolute atomic E-state index is 11.5. The second-order valence-electron chi connectivity index (χ2n) is 10.7. The normalized spacial score (nSPS) is 25.4. The average molecular weight is 570 g/mol. The molecule has 0 aromatic carbocycles. The average Bonchev–Trinajstić information content (AvgIpc) is 3.78. The highest BCUT2D eigenvalue weighted by molar-refractivity contribution is 5.84. The number of nitrogens with zero attached hydrogens (tertiary/aromatic N) is 9. The molecule has 2 aliphatic heterocycles. The third kappa shape index (κ3) is 5.79. The van der Waals surface area contributed by atoms with Crippen LogP contribution in [0.4, 0.5) is 11.8 Å². The topological polar surface area (TPSA) is 176 Å². The number of piperidine rings is 1. The maximum Gasteiger partial charge on any atom is 0.293 e. The van der Waals surface area contributed by atoms with Gasteiger partial charge in [-0.25, -0.2) is 4.98 Å². The minimum atomic E-state index is -1.03. The number of tetrazole rings is 1. The summed E-state index contributed by atoms with van der Waals surface area (Å²) in [5.74, 6) is 1.26. The van der Waals surface area contributed by atoms with Gasteiger partial charge in [-0.15, -0.1) is 10.2 Å². The number of imidazole rings is 1. The Morgan fingerprint density at radius 2 is 1.83 bits per heavy atom. The number of carbonyl (C=O) groups excluding carboxylic acids is 2. The largest absolute Gasteiger partial charge is 0.457 e. The molecule has 4 atom stereocenters. The number of likely N-dealkylation sites (tertiary alicyclic amines) is 1. The van der Waals surface area contributed by atoms with E-state index in [2.05, 4.69) is 35.9 Å². The van der Waals surface area contributed by atoms with E-state index in [-0.39, 0.29) is 12.3 Å². The number of fused-ring (bicyclic) bond motifs is 1. The van der Waals surface area contributed by atoms with E-state index in [1.54, 1.807) is 17.9 Å². The molecule has 41 heavy (non-hydrogen) atoms. The van der Waals surface area contributed by atoms with Gasteiger partial charge in [-0.05, 0) is 44.0 Å². The van der Waals surface area contributed by atoms with Crippen molar-refractivity contribution in [2.75, 3.05) is 36.8 Å². The van der Waals surface area contributed by atoms with Crippen molar-refractivity contribution < 1.29 is 23.8 Å². The number of ether oxygens (including phenoxy) is 3. The Labute approximate surface area is 236 Å². The molecular weight excluding hydrogens is 534 g/mol. The Balaban J connectivity index is 1.33. The Bertz CT molecular complexity index is 1340. The number of nitrogens with one attached hydrogen (secondary N) is 2. The summed E-state index contributed by atoms with van der Waals surface area (Å²) in [4.78, 5) is 40.9. The van der Waals surface area contributed by atoms with Gasteiger partial charge in [-0.3, -0.25) is 14.2 Å². The van der Waals surface area contributed by atoms with Gasteiger partial charge in [-0.2, -0.15) is 14.8 Å². The monoisotopic (exact) mass is 569 g/mol. The molecule has 3 aromatic heterocycles. The molecule has 16 heteroatoms. The molecule has 3 fully saturated rings. The first-order chi connectivity index (χ1) is 20.1. The molecule has 0 radical (unpaired) electrons. The second-order valence-corrected chi connectivity index (χ2v) is 10.7. The zero-order chi connectivity index (χ0) is 28.2. The van der Waals surface area contributed by atoms with Crippen LogP contribution in [0.15, 0.2) is 6.33 Å². The highest BCUT2D eigenvalue weighted by Gasteiger charge is 2.52. The van der Waals surface area contributed by atoms with E-state index in [1.807, 2.05) is 0 Å². The van der Waals surface area contributed by atoms with Crippen LogP contribution in [0.25, 0.3) is 11.2 Å². The Hall–Kier alpha value is -3.92. The molecular formula is C25H35N11O5. The van der Waals surface area contributed by atoms with Crippen molar-refractivity contribution in [1.82, 2.24) is 44.6 Å². The molecule has 16 nitrogen and oxygen atoms in total. The fourth-order valence-electron chi connectivity index (χ4n) is 5.96. The minimum Gasteiger partial charge on any atom is -0.457 e. The summed E-state index contributed by atoms with van der Waals surface area (Å²) in [6.45, 7) is 4.36. The lowest BCUT2D eigenvalue weighted by Gasteiger charge is -2.26. The zero-order valence-corrected chi connectivity index (χ0v) is 23.0. The van der Waals surface area contributed by atoms with E-state index < -0.39 is 24.5 Å². The summed E-state index contributed by atoms with van der Waals surface area (Å²) in [7, 11) is 1.61. The second kappa shape index (κ2) is 12.3. The quantitative estimate of drug-likeness (QED) is 0.295. The molecule has 0 unspecified atom stereocenters. The number of aromatic nitrogens is 8. The van der Waals surface area contributed by atoms with Crippen molar-refractivity contribution in [3.05, 3.63) is 12.2 Å². The van der Waals surface area contributed by atoms with E-state index in [0.717, 1.165) is 45.3 Å². The lowest BCUT2D eigenvalue weighted by Crippen LogP contribution is -2.34. The number of anilines is 2. The van der Waals surface area contributed by atoms with Gasteiger partial charge in [0.15, 0.2) is 41.5 Å². The van der Waals surface area contributed by atoms with Crippen molar-refractivity contribution in [2.24, 2.45) is 7.05 Å². The molecule has 1 saturated carbocycles. The first-order valence-electron chi connectivity index (χ1n) is 14.2. The number of carbonyl (C=O) groups is 2. The summed E-state index contributed by atoms with van der Waals surface area (Å²) >= 11 is 0. The molecule has 220 valence electrons. The summed E-state index contributed by atoms with van der Waals surface area (Å²) in [5, 5.41) is 19.0. The van der Waals surface area contributed by atoms with Gasteiger partial charge in [-0.1, -0.05) is 19.3 Å². The lowest BCUT2D eigenvalue weighted by atomic mass is 10.1. The van der Waals surface area contributed by atoms with Crippen LogP contribution in [0.3, 0.4) is 0 Å². The summed E-state index contributed by atoms with van der Waals surface area (Å²) < 4.78 is 18.7. The predicted molar refractivity (Wildman–Crippen MR) is 144 cm³/mol. The number of hydrogen-bond acceptors (Lipinski definition) is 14. The van der Waals surface area contributed by atoms with Crippen molar-refractivity contribution in [1.29, 1.82) is 0 Å². The molecule has 6 rings (SSSR count). The highest BCUT2D eigenvalue weighted by atomic mass is 16.6. The summed E-state index contributed by atoms with van der Waals surface area (Å²) in [6, 6.07) is 0.297. The predicted octanol–water partition coefficient (Wildman–Crippen LogP) is 0.955. The van der Waals surface area contributed by atoms with Gasteiger partial charge in [0.25, 0.3) is 12.9 Å². The molecule has 0 spiro atoms. The third-order valence-electron chi connectivity index (χ3n) is 7.94. The third-order valence-corrected chi connectivity index (χ3v) is 7.94. The molecule has 5 heterocycles. The number of hydrogen-bond donors (Lipinski definition) is 2. The Kier molecular flexibility index (Phi) is 8.18. The fourth-order valence-corrected chi connectivity index (χ4v) is 5.96. The van der Waals surface area contributed by atoms with Crippen LogP contribution in [0.2, 0.25) is 0 Å². The lowest BCUT2D eigenvalue weighted by molar-refractivity contribution is -0.151.